The van der Waals surface area contributed by atoms with Crippen LogP contribution in [0.15, 0.2) is 24.5 Å². The minimum Gasteiger partial charge on any atom is -0.461 e. The average molecular weight is 273 g/mol. The minimum atomic E-state index is -0.124. The first kappa shape index (κ1) is 16.2. The standard InChI is InChI=1S/C17H23NO2/c1-2-3-4-5-6-7-8-9-12-17(19)20-15-16-11-10-13-18-14-16/h1,10-11,13-14H,3-9,12,15H2. The van der Waals surface area contributed by atoms with Crippen LogP contribution < -0.4 is 0 Å². The van der Waals surface area contributed by atoms with Crippen LogP contribution in [0.3, 0.4) is 0 Å². The summed E-state index contributed by atoms with van der Waals surface area (Å²) in [7, 11) is 0. The second-order valence-electron chi connectivity index (χ2n) is 4.85. The fraction of sp³-hybridized carbons (Fsp3) is 0.529. The Morgan fingerprint density at radius 2 is 1.95 bits per heavy atom. The predicted octanol–water partition coefficient (Wildman–Crippen LogP) is 3.88. The van der Waals surface area contributed by atoms with Crippen LogP contribution in [0.4, 0.5) is 0 Å². The second-order valence-corrected chi connectivity index (χ2v) is 4.85. The number of carbonyl (C=O) groups is 1. The summed E-state index contributed by atoms with van der Waals surface area (Å²) in [4.78, 5) is 15.5. The Bertz CT molecular complexity index is 409. The van der Waals surface area contributed by atoms with Crippen LogP contribution in [0.5, 0.6) is 0 Å². The molecule has 0 unspecified atom stereocenters. The zero-order valence-electron chi connectivity index (χ0n) is 12.0. The molecule has 0 saturated heterocycles. The minimum absolute atomic E-state index is 0.124. The van der Waals surface area contributed by atoms with E-state index < -0.39 is 0 Å². The lowest BCUT2D eigenvalue weighted by Gasteiger charge is -2.04. The van der Waals surface area contributed by atoms with Gasteiger partial charge in [0, 0.05) is 30.8 Å². The second kappa shape index (κ2) is 11.0. The molecule has 0 amide bonds. The van der Waals surface area contributed by atoms with E-state index in [1.807, 2.05) is 12.1 Å². The zero-order chi connectivity index (χ0) is 14.5. The first-order chi connectivity index (χ1) is 9.83. The van der Waals surface area contributed by atoms with Crippen molar-refractivity contribution in [2.45, 2.75) is 58.0 Å². The number of esters is 1. The van der Waals surface area contributed by atoms with Crippen molar-refractivity contribution in [3.05, 3.63) is 30.1 Å². The van der Waals surface area contributed by atoms with Crippen molar-refractivity contribution in [1.82, 2.24) is 4.98 Å². The van der Waals surface area contributed by atoms with Gasteiger partial charge in [-0.25, -0.2) is 0 Å². The number of unbranched alkanes of at least 4 members (excludes halogenated alkanes) is 6. The summed E-state index contributed by atoms with van der Waals surface area (Å²) in [5.74, 6) is 2.52. The van der Waals surface area contributed by atoms with E-state index in [1.54, 1.807) is 12.4 Å². The molecule has 1 aromatic rings. The van der Waals surface area contributed by atoms with Crippen molar-refractivity contribution < 1.29 is 9.53 Å². The zero-order valence-corrected chi connectivity index (χ0v) is 12.0. The van der Waals surface area contributed by atoms with Gasteiger partial charge in [0.05, 0.1) is 0 Å². The lowest BCUT2D eigenvalue weighted by Crippen LogP contribution is -2.04. The maximum absolute atomic E-state index is 11.5. The van der Waals surface area contributed by atoms with Crippen LogP contribution in [-0.4, -0.2) is 11.0 Å². The van der Waals surface area contributed by atoms with Gasteiger partial charge in [0.25, 0.3) is 0 Å². The summed E-state index contributed by atoms with van der Waals surface area (Å²) in [6, 6.07) is 3.74. The highest BCUT2D eigenvalue weighted by Crippen LogP contribution is 2.09. The molecule has 20 heavy (non-hydrogen) atoms. The Balaban J connectivity index is 1.94. The highest BCUT2D eigenvalue weighted by atomic mass is 16.5. The van der Waals surface area contributed by atoms with Crippen LogP contribution in [0.25, 0.3) is 0 Å². The van der Waals surface area contributed by atoms with E-state index in [-0.39, 0.29) is 5.97 Å². The molecule has 1 rings (SSSR count). The maximum atomic E-state index is 11.5. The van der Waals surface area contributed by atoms with Crippen LogP contribution >= 0.6 is 0 Å². The molecular formula is C17H23NO2. The summed E-state index contributed by atoms with van der Waals surface area (Å²) >= 11 is 0. The van der Waals surface area contributed by atoms with Gasteiger partial charge in [-0.05, 0) is 18.9 Å². The Hall–Kier alpha value is -1.82. The van der Waals surface area contributed by atoms with Crippen LogP contribution in [-0.2, 0) is 16.1 Å². The number of pyridine rings is 1. The molecule has 1 heterocycles. The number of hydrogen-bond donors (Lipinski definition) is 0. The maximum Gasteiger partial charge on any atom is 0.306 e. The summed E-state index contributed by atoms with van der Waals surface area (Å²) in [5.41, 5.74) is 0.925. The van der Waals surface area contributed by atoms with Gasteiger partial charge in [-0.1, -0.05) is 31.7 Å². The number of nitrogens with zero attached hydrogens (tertiary/aromatic N) is 1. The molecule has 0 aliphatic carbocycles. The van der Waals surface area contributed by atoms with Gasteiger partial charge in [-0.2, -0.15) is 0 Å². The molecule has 1 aromatic heterocycles. The molecule has 0 aliphatic rings. The smallest absolute Gasteiger partial charge is 0.306 e. The molecule has 0 aromatic carbocycles. The highest BCUT2D eigenvalue weighted by molar-refractivity contribution is 5.69. The third-order valence-corrected chi connectivity index (χ3v) is 3.07. The van der Waals surface area contributed by atoms with Gasteiger partial charge >= 0.3 is 5.97 Å². The molecule has 108 valence electrons. The number of aromatic nitrogens is 1. The Labute approximate surface area is 121 Å². The predicted molar refractivity (Wildman–Crippen MR) is 79.8 cm³/mol. The van der Waals surface area contributed by atoms with E-state index in [0.717, 1.165) is 31.2 Å². The number of terminal acetylenes is 1. The van der Waals surface area contributed by atoms with Crippen molar-refractivity contribution in [2.75, 3.05) is 0 Å². The summed E-state index contributed by atoms with van der Waals surface area (Å²) in [6.45, 7) is 0.318. The normalized spacial score (nSPS) is 9.95. The number of ether oxygens (including phenoxy) is 1. The van der Waals surface area contributed by atoms with E-state index in [0.29, 0.717) is 13.0 Å². The van der Waals surface area contributed by atoms with Gasteiger partial charge < -0.3 is 4.74 Å². The van der Waals surface area contributed by atoms with E-state index in [4.69, 9.17) is 11.2 Å². The van der Waals surface area contributed by atoms with Crippen LogP contribution in [0.1, 0.15) is 56.9 Å². The number of hydrogen-bond acceptors (Lipinski definition) is 3. The van der Waals surface area contributed by atoms with Gasteiger partial charge in [-0.15, -0.1) is 12.3 Å². The SMILES string of the molecule is C#CCCCCCCCCC(=O)OCc1cccnc1. The van der Waals surface area contributed by atoms with Crippen molar-refractivity contribution in [3.8, 4) is 12.3 Å². The third kappa shape index (κ3) is 8.31. The summed E-state index contributed by atoms with van der Waals surface area (Å²) < 4.78 is 5.19. The van der Waals surface area contributed by atoms with E-state index in [2.05, 4.69) is 10.9 Å². The van der Waals surface area contributed by atoms with Gasteiger partial charge in [0.1, 0.15) is 6.61 Å². The number of rotatable bonds is 10. The van der Waals surface area contributed by atoms with Gasteiger partial charge in [-0.3, -0.25) is 9.78 Å². The van der Waals surface area contributed by atoms with Crippen molar-refractivity contribution >= 4 is 5.97 Å². The Morgan fingerprint density at radius 3 is 2.65 bits per heavy atom. The van der Waals surface area contributed by atoms with Crippen molar-refractivity contribution in [2.24, 2.45) is 0 Å². The summed E-state index contributed by atoms with van der Waals surface area (Å²) in [6.07, 6.45) is 16.6. The molecule has 0 saturated carbocycles. The lowest BCUT2D eigenvalue weighted by molar-refractivity contribution is -0.145. The first-order valence-electron chi connectivity index (χ1n) is 7.31. The Morgan fingerprint density at radius 1 is 1.20 bits per heavy atom. The molecule has 3 nitrogen and oxygen atoms in total. The first-order valence-corrected chi connectivity index (χ1v) is 7.31. The largest absolute Gasteiger partial charge is 0.461 e. The molecule has 0 spiro atoms. The fourth-order valence-corrected chi connectivity index (χ4v) is 1.92. The molecule has 3 heteroatoms. The topological polar surface area (TPSA) is 39.2 Å². The monoisotopic (exact) mass is 273 g/mol. The molecule has 0 N–H and O–H groups in total. The van der Waals surface area contributed by atoms with E-state index in [9.17, 15) is 4.79 Å². The fourth-order valence-electron chi connectivity index (χ4n) is 1.92. The highest BCUT2D eigenvalue weighted by Gasteiger charge is 2.03. The molecule has 0 atom stereocenters. The molecule has 0 aliphatic heterocycles. The van der Waals surface area contributed by atoms with Crippen molar-refractivity contribution in [3.63, 3.8) is 0 Å². The van der Waals surface area contributed by atoms with E-state index >= 15 is 0 Å². The van der Waals surface area contributed by atoms with Crippen LogP contribution in [0, 0.1) is 12.3 Å². The van der Waals surface area contributed by atoms with Crippen LogP contribution in [0.2, 0.25) is 0 Å². The lowest BCUT2D eigenvalue weighted by atomic mass is 10.1. The molecular weight excluding hydrogens is 250 g/mol. The summed E-state index contributed by atoms with van der Waals surface area (Å²) in [5, 5.41) is 0. The van der Waals surface area contributed by atoms with Crippen molar-refractivity contribution in [1.29, 1.82) is 0 Å². The molecule has 0 fully saturated rings. The molecule has 0 radical (unpaired) electrons. The average Bonchev–Trinajstić information content (AvgIpc) is 2.49. The van der Waals surface area contributed by atoms with Gasteiger partial charge in [0.15, 0.2) is 0 Å². The number of carbonyl (C=O) groups excluding carboxylic acids is 1. The van der Waals surface area contributed by atoms with E-state index in [1.165, 1.54) is 19.3 Å². The molecule has 0 bridgehead atoms. The quantitative estimate of drug-likeness (QED) is 0.369. The van der Waals surface area contributed by atoms with Gasteiger partial charge in [0.2, 0.25) is 0 Å². The third-order valence-electron chi connectivity index (χ3n) is 3.07. The Kier molecular flexibility index (Phi) is 8.97.